The van der Waals surface area contributed by atoms with Gasteiger partial charge in [0.2, 0.25) is 11.8 Å². The lowest BCUT2D eigenvalue weighted by atomic mass is 9.99. The number of amides is 2. The van der Waals surface area contributed by atoms with Crippen LogP contribution in [-0.4, -0.2) is 28.5 Å². The van der Waals surface area contributed by atoms with Crippen LogP contribution in [0.2, 0.25) is 0 Å². The van der Waals surface area contributed by atoms with Crippen molar-refractivity contribution in [3.63, 3.8) is 0 Å². The molecule has 0 aliphatic carbocycles. The fourth-order valence-corrected chi connectivity index (χ4v) is 3.96. The van der Waals surface area contributed by atoms with Gasteiger partial charge >= 0.3 is 0 Å². The number of para-hydroxylation sites is 1. The number of unbranched alkanes of at least 4 members (excludes halogenated alkanes) is 5. The number of rotatable bonds is 9. The number of piperazine rings is 1. The predicted molar refractivity (Wildman–Crippen MR) is 108 cm³/mol. The van der Waals surface area contributed by atoms with E-state index in [0.29, 0.717) is 6.42 Å². The van der Waals surface area contributed by atoms with Gasteiger partial charge < -0.3 is 15.2 Å². The maximum absolute atomic E-state index is 12.5. The van der Waals surface area contributed by atoms with Gasteiger partial charge in [0.05, 0.1) is 0 Å². The molecule has 1 aromatic heterocycles. The Bertz CT molecular complexity index is 796. The Labute approximate surface area is 161 Å². The molecule has 5 nitrogen and oxygen atoms in total. The largest absolute Gasteiger partial charge is 0.350 e. The van der Waals surface area contributed by atoms with E-state index in [2.05, 4.69) is 34.3 Å². The molecule has 0 bridgehead atoms. The molecular weight excluding hydrogens is 338 g/mol. The molecular formula is C22H31N3O2. The highest BCUT2D eigenvalue weighted by atomic mass is 16.2. The molecule has 27 heavy (non-hydrogen) atoms. The Morgan fingerprint density at radius 1 is 0.926 bits per heavy atom. The SMILES string of the molecule is CCCCCCCC[C@@H]1NC(=O)[C@@H](Cc2cn(C)c3ccccc23)NC1=O. The Morgan fingerprint density at radius 3 is 2.41 bits per heavy atom. The lowest BCUT2D eigenvalue weighted by Crippen LogP contribution is -2.62. The van der Waals surface area contributed by atoms with E-state index in [4.69, 9.17) is 0 Å². The summed E-state index contributed by atoms with van der Waals surface area (Å²) >= 11 is 0. The third-order valence-corrected chi connectivity index (χ3v) is 5.52. The van der Waals surface area contributed by atoms with Gasteiger partial charge in [0.15, 0.2) is 0 Å². The van der Waals surface area contributed by atoms with Crippen LogP contribution in [0.5, 0.6) is 0 Å². The van der Waals surface area contributed by atoms with Gasteiger partial charge in [-0.1, -0.05) is 63.6 Å². The summed E-state index contributed by atoms with van der Waals surface area (Å²) in [6.45, 7) is 2.20. The van der Waals surface area contributed by atoms with E-state index in [0.717, 1.165) is 35.7 Å². The van der Waals surface area contributed by atoms with Crippen LogP contribution in [0.15, 0.2) is 30.5 Å². The third-order valence-electron chi connectivity index (χ3n) is 5.52. The first kappa shape index (κ1) is 19.5. The number of hydrogen-bond donors (Lipinski definition) is 2. The quantitative estimate of drug-likeness (QED) is 0.665. The molecule has 1 aliphatic heterocycles. The first-order chi connectivity index (χ1) is 13.1. The minimum atomic E-state index is -0.496. The fraction of sp³-hybridized carbons (Fsp3) is 0.545. The average Bonchev–Trinajstić information content (AvgIpc) is 2.98. The van der Waals surface area contributed by atoms with Crippen molar-refractivity contribution in [3.8, 4) is 0 Å². The Balaban J connectivity index is 1.54. The van der Waals surface area contributed by atoms with Crippen LogP contribution in [0.3, 0.4) is 0 Å². The number of carbonyl (C=O) groups excluding carboxylic acids is 2. The number of carbonyl (C=O) groups is 2. The smallest absolute Gasteiger partial charge is 0.243 e. The summed E-state index contributed by atoms with van der Waals surface area (Å²) in [4.78, 5) is 25.0. The monoisotopic (exact) mass is 369 g/mol. The van der Waals surface area contributed by atoms with Crippen molar-refractivity contribution in [2.24, 2.45) is 7.05 Å². The topological polar surface area (TPSA) is 63.1 Å². The molecule has 1 saturated heterocycles. The minimum absolute atomic E-state index is 0.0478. The molecule has 1 aliphatic rings. The number of nitrogens with zero attached hydrogens (tertiary/aromatic N) is 1. The molecule has 0 unspecified atom stereocenters. The van der Waals surface area contributed by atoms with Gasteiger partial charge in [0.1, 0.15) is 12.1 Å². The molecule has 0 spiro atoms. The van der Waals surface area contributed by atoms with E-state index in [1.807, 2.05) is 25.4 Å². The standard InChI is InChI=1S/C22H31N3O2/c1-3-4-5-6-7-8-12-18-21(26)24-19(22(27)23-18)14-16-15-25(2)20-13-10-9-11-17(16)20/h9-11,13,15,18-19H,3-8,12,14H2,1-2H3,(H,23,27)(H,24,26)/t18-,19+/m0/s1. The highest BCUT2D eigenvalue weighted by Gasteiger charge is 2.33. The van der Waals surface area contributed by atoms with Gasteiger partial charge in [-0.2, -0.15) is 0 Å². The molecule has 2 heterocycles. The van der Waals surface area contributed by atoms with Gasteiger partial charge in [0.25, 0.3) is 0 Å². The molecule has 2 aromatic rings. The molecule has 2 atom stereocenters. The fourth-order valence-electron chi connectivity index (χ4n) is 3.96. The Morgan fingerprint density at radius 2 is 1.59 bits per heavy atom. The van der Waals surface area contributed by atoms with Crippen LogP contribution < -0.4 is 10.6 Å². The zero-order valence-corrected chi connectivity index (χ0v) is 16.5. The molecule has 2 N–H and O–H groups in total. The second kappa shape index (κ2) is 9.07. The van der Waals surface area contributed by atoms with Crippen molar-refractivity contribution in [2.75, 3.05) is 0 Å². The molecule has 0 saturated carbocycles. The van der Waals surface area contributed by atoms with Gasteiger partial charge in [0, 0.05) is 30.6 Å². The molecule has 5 heteroatoms. The average molecular weight is 370 g/mol. The first-order valence-electron chi connectivity index (χ1n) is 10.2. The second-order valence-corrected chi connectivity index (χ2v) is 7.67. The number of benzene rings is 1. The van der Waals surface area contributed by atoms with Gasteiger partial charge in [-0.3, -0.25) is 9.59 Å². The lowest BCUT2D eigenvalue weighted by molar-refractivity contribution is -0.136. The van der Waals surface area contributed by atoms with Gasteiger partial charge in [-0.15, -0.1) is 0 Å². The maximum atomic E-state index is 12.5. The van der Waals surface area contributed by atoms with E-state index in [-0.39, 0.29) is 17.9 Å². The second-order valence-electron chi connectivity index (χ2n) is 7.67. The third kappa shape index (κ3) is 4.71. The van der Waals surface area contributed by atoms with Crippen molar-refractivity contribution in [2.45, 2.75) is 70.4 Å². The van der Waals surface area contributed by atoms with Crippen molar-refractivity contribution in [1.82, 2.24) is 15.2 Å². The van der Waals surface area contributed by atoms with Crippen LogP contribution in [0, 0.1) is 0 Å². The highest BCUT2D eigenvalue weighted by molar-refractivity contribution is 5.97. The minimum Gasteiger partial charge on any atom is -0.350 e. The number of aryl methyl sites for hydroxylation is 1. The highest BCUT2D eigenvalue weighted by Crippen LogP contribution is 2.22. The first-order valence-corrected chi connectivity index (χ1v) is 10.2. The number of fused-ring (bicyclic) bond motifs is 1. The zero-order chi connectivity index (χ0) is 19.2. The molecule has 146 valence electrons. The summed E-state index contributed by atoms with van der Waals surface area (Å²) in [5, 5.41) is 7.01. The maximum Gasteiger partial charge on any atom is 0.243 e. The lowest BCUT2D eigenvalue weighted by Gasteiger charge is -2.29. The van der Waals surface area contributed by atoms with Crippen molar-refractivity contribution < 1.29 is 9.59 Å². The Kier molecular flexibility index (Phi) is 6.54. The van der Waals surface area contributed by atoms with Crippen LogP contribution in [-0.2, 0) is 23.1 Å². The van der Waals surface area contributed by atoms with Crippen molar-refractivity contribution in [3.05, 3.63) is 36.0 Å². The van der Waals surface area contributed by atoms with E-state index in [9.17, 15) is 9.59 Å². The van der Waals surface area contributed by atoms with E-state index < -0.39 is 6.04 Å². The summed E-state index contributed by atoms with van der Waals surface area (Å²) in [5.74, 6) is -0.119. The summed E-state index contributed by atoms with van der Waals surface area (Å²) < 4.78 is 2.06. The van der Waals surface area contributed by atoms with E-state index in [1.165, 1.54) is 25.7 Å². The van der Waals surface area contributed by atoms with E-state index in [1.54, 1.807) is 0 Å². The molecule has 2 amide bonds. The number of aromatic nitrogens is 1. The van der Waals surface area contributed by atoms with Crippen LogP contribution in [0.25, 0.3) is 10.9 Å². The van der Waals surface area contributed by atoms with Crippen molar-refractivity contribution in [1.29, 1.82) is 0 Å². The normalized spacial score (nSPS) is 19.9. The Hall–Kier alpha value is -2.30. The number of nitrogens with one attached hydrogen (secondary N) is 2. The van der Waals surface area contributed by atoms with Crippen LogP contribution in [0.4, 0.5) is 0 Å². The molecule has 3 rings (SSSR count). The summed E-state index contributed by atoms with van der Waals surface area (Å²) in [6, 6.07) is 7.26. The summed E-state index contributed by atoms with van der Waals surface area (Å²) in [7, 11) is 2.00. The molecule has 1 fully saturated rings. The zero-order valence-electron chi connectivity index (χ0n) is 16.5. The molecule has 0 radical (unpaired) electrons. The van der Waals surface area contributed by atoms with Crippen molar-refractivity contribution >= 4 is 22.7 Å². The number of hydrogen-bond acceptors (Lipinski definition) is 2. The van der Waals surface area contributed by atoms with Gasteiger partial charge in [-0.05, 0) is 18.1 Å². The van der Waals surface area contributed by atoms with E-state index >= 15 is 0 Å². The predicted octanol–water partition coefficient (Wildman–Crippen LogP) is 3.45. The summed E-state index contributed by atoms with van der Waals surface area (Å²) in [6.07, 6.45) is 10.4. The molecule has 1 aromatic carbocycles. The van der Waals surface area contributed by atoms with Crippen LogP contribution in [0.1, 0.15) is 57.4 Å². The summed E-state index contributed by atoms with van der Waals surface area (Å²) in [5.41, 5.74) is 2.22. The van der Waals surface area contributed by atoms with Crippen LogP contribution >= 0.6 is 0 Å². The van der Waals surface area contributed by atoms with Gasteiger partial charge in [-0.25, -0.2) is 0 Å².